The summed E-state index contributed by atoms with van der Waals surface area (Å²) in [4.78, 5) is 23.2. The van der Waals surface area contributed by atoms with E-state index in [-0.39, 0.29) is 5.57 Å². The van der Waals surface area contributed by atoms with Gasteiger partial charge in [0.15, 0.2) is 0 Å². The monoisotopic (exact) mass is 734 g/mol. The molecule has 0 spiro atoms. The maximum absolute atomic E-state index is 11.5. The summed E-state index contributed by atoms with van der Waals surface area (Å²) in [5, 5.41) is 18.7. The molecule has 258 valence electrons. The molecule has 0 fully saturated rings. The fourth-order valence-corrected chi connectivity index (χ4v) is 9.06. The van der Waals surface area contributed by atoms with Crippen molar-refractivity contribution in [2.45, 2.75) is 19.6 Å². The summed E-state index contributed by atoms with van der Waals surface area (Å²) in [6.07, 6.45) is 1.39. The standard InChI is InChI=1S/C46H30N4O2S2/c47-30-32(46(51)52)29-31-17-19-33(20-18-31)48(34-21-25-36(26-22-34)49-38-9-1-5-13-42(38)53-43-14-6-2-10-39(43)49)35-23-27-37(28-24-35)50-40-11-3-7-15-44(40)54-45-16-8-4-12-41(45)50/h1-29H,(H,51,52)/b32-29+. The molecule has 0 atom stereocenters. The summed E-state index contributed by atoms with van der Waals surface area (Å²) in [5.74, 6) is -1.25. The number of hydrogen-bond acceptors (Lipinski definition) is 7. The summed E-state index contributed by atoms with van der Waals surface area (Å²) in [5.41, 5.74) is 9.77. The third-order valence-electron chi connectivity index (χ3n) is 9.41. The Morgan fingerprint density at radius 2 is 0.852 bits per heavy atom. The lowest BCUT2D eigenvalue weighted by Crippen LogP contribution is -2.16. The molecule has 0 radical (unpaired) electrons. The molecule has 2 aliphatic rings. The minimum atomic E-state index is -1.25. The van der Waals surface area contributed by atoms with Crippen molar-refractivity contribution in [2.24, 2.45) is 0 Å². The molecule has 0 saturated heterocycles. The van der Waals surface area contributed by atoms with Crippen molar-refractivity contribution in [1.29, 1.82) is 5.26 Å². The van der Waals surface area contributed by atoms with Crippen LogP contribution in [0.15, 0.2) is 195 Å². The van der Waals surface area contributed by atoms with Crippen LogP contribution in [0.25, 0.3) is 6.08 Å². The van der Waals surface area contributed by atoms with Gasteiger partial charge in [-0.25, -0.2) is 4.79 Å². The fourth-order valence-electron chi connectivity index (χ4n) is 6.94. The molecule has 7 aromatic carbocycles. The minimum absolute atomic E-state index is 0.315. The van der Waals surface area contributed by atoms with Gasteiger partial charge in [-0.3, -0.25) is 0 Å². The van der Waals surface area contributed by atoms with E-state index in [2.05, 4.69) is 160 Å². The van der Waals surface area contributed by atoms with Gasteiger partial charge in [0.1, 0.15) is 11.6 Å². The van der Waals surface area contributed by atoms with E-state index in [4.69, 9.17) is 0 Å². The molecule has 0 aliphatic carbocycles. The van der Waals surface area contributed by atoms with Crippen LogP contribution >= 0.6 is 23.5 Å². The summed E-state index contributed by atoms with van der Waals surface area (Å²) in [7, 11) is 0. The molecule has 1 N–H and O–H groups in total. The zero-order valence-corrected chi connectivity index (χ0v) is 30.3. The number of nitrogens with zero attached hydrogens (tertiary/aromatic N) is 4. The Hall–Kier alpha value is -6.66. The van der Waals surface area contributed by atoms with Gasteiger partial charge in [0, 0.05) is 48.0 Å². The number of carboxylic acids is 1. The average molecular weight is 735 g/mol. The fraction of sp³-hybridized carbons (Fsp3) is 0. The van der Waals surface area contributed by atoms with Crippen LogP contribution in [0.5, 0.6) is 0 Å². The summed E-state index contributed by atoms with van der Waals surface area (Å²) >= 11 is 3.57. The second-order valence-corrected chi connectivity index (χ2v) is 14.8. The summed E-state index contributed by atoms with van der Waals surface area (Å²) in [6.45, 7) is 0. The molecular weight excluding hydrogens is 705 g/mol. The largest absolute Gasteiger partial charge is 0.477 e. The van der Waals surface area contributed by atoms with Gasteiger partial charge < -0.3 is 19.8 Å². The van der Waals surface area contributed by atoms with Crippen molar-refractivity contribution in [1.82, 2.24) is 0 Å². The van der Waals surface area contributed by atoms with Gasteiger partial charge >= 0.3 is 5.97 Å². The van der Waals surface area contributed by atoms with Gasteiger partial charge in [0.2, 0.25) is 0 Å². The van der Waals surface area contributed by atoms with Crippen LogP contribution < -0.4 is 14.7 Å². The first-order valence-electron chi connectivity index (χ1n) is 17.3. The number of aliphatic carboxylic acids is 1. The molecule has 9 rings (SSSR count). The Balaban J connectivity index is 1.12. The van der Waals surface area contributed by atoms with Gasteiger partial charge in [-0.05, 0) is 121 Å². The Morgan fingerprint density at radius 1 is 0.519 bits per heavy atom. The second kappa shape index (κ2) is 14.1. The number of fused-ring (bicyclic) bond motifs is 4. The number of benzene rings is 7. The zero-order valence-electron chi connectivity index (χ0n) is 28.7. The topological polar surface area (TPSA) is 70.8 Å². The highest BCUT2D eigenvalue weighted by Gasteiger charge is 2.26. The highest BCUT2D eigenvalue weighted by Crippen LogP contribution is 2.53. The van der Waals surface area contributed by atoms with Crippen molar-refractivity contribution in [2.75, 3.05) is 14.7 Å². The number of hydrogen-bond donors (Lipinski definition) is 1. The first kappa shape index (κ1) is 33.2. The van der Waals surface area contributed by atoms with E-state index >= 15 is 0 Å². The van der Waals surface area contributed by atoms with Crippen LogP contribution in [-0.2, 0) is 4.79 Å². The average Bonchev–Trinajstić information content (AvgIpc) is 3.22. The Morgan fingerprint density at radius 3 is 1.19 bits per heavy atom. The zero-order chi connectivity index (χ0) is 36.6. The predicted octanol–water partition coefficient (Wildman–Crippen LogP) is 13.0. The minimum Gasteiger partial charge on any atom is -0.477 e. The summed E-state index contributed by atoms with van der Waals surface area (Å²) in [6, 6.07) is 60.4. The number of para-hydroxylation sites is 4. The first-order valence-corrected chi connectivity index (χ1v) is 19.0. The van der Waals surface area contributed by atoms with Crippen molar-refractivity contribution in [3.63, 3.8) is 0 Å². The number of carboxylic acid groups (broad SMARTS) is 1. The van der Waals surface area contributed by atoms with Crippen molar-refractivity contribution < 1.29 is 9.90 Å². The van der Waals surface area contributed by atoms with Crippen LogP contribution in [0.2, 0.25) is 0 Å². The van der Waals surface area contributed by atoms with Crippen LogP contribution in [0.1, 0.15) is 5.56 Å². The molecule has 2 aliphatic heterocycles. The van der Waals surface area contributed by atoms with Crippen LogP contribution in [0.4, 0.5) is 51.2 Å². The van der Waals surface area contributed by atoms with Crippen molar-refractivity contribution >= 4 is 86.8 Å². The van der Waals surface area contributed by atoms with Gasteiger partial charge in [-0.15, -0.1) is 0 Å². The third-order valence-corrected chi connectivity index (χ3v) is 11.7. The van der Waals surface area contributed by atoms with E-state index in [1.54, 1.807) is 29.6 Å². The Bertz CT molecular complexity index is 2380. The SMILES string of the molecule is N#C/C(=C\c1ccc(N(c2ccc(N3c4ccccc4Sc4ccccc43)cc2)c2ccc(N3c4ccccc4Sc4ccccc43)cc2)cc1)C(=O)O. The molecule has 6 nitrogen and oxygen atoms in total. The molecule has 0 amide bonds. The Labute approximate surface area is 321 Å². The van der Waals surface area contributed by atoms with E-state index in [1.165, 1.54) is 25.7 Å². The van der Waals surface area contributed by atoms with Crippen molar-refractivity contribution in [3.05, 3.63) is 181 Å². The van der Waals surface area contributed by atoms with Gasteiger partial charge in [-0.2, -0.15) is 5.26 Å². The lowest BCUT2D eigenvalue weighted by atomic mass is 10.1. The maximum Gasteiger partial charge on any atom is 0.346 e. The molecule has 0 bridgehead atoms. The molecule has 54 heavy (non-hydrogen) atoms. The van der Waals surface area contributed by atoms with Gasteiger partial charge in [0.25, 0.3) is 0 Å². The van der Waals surface area contributed by atoms with Crippen molar-refractivity contribution in [3.8, 4) is 6.07 Å². The Kier molecular flexibility index (Phi) is 8.64. The molecule has 8 heteroatoms. The first-order chi connectivity index (χ1) is 26.6. The number of rotatable bonds is 7. The predicted molar refractivity (Wildman–Crippen MR) is 220 cm³/mol. The van der Waals surface area contributed by atoms with Crippen LogP contribution in [0, 0.1) is 11.3 Å². The van der Waals surface area contributed by atoms with Gasteiger partial charge in [-0.1, -0.05) is 84.2 Å². The number of carbonyl (C=O) groups is 1. The van der Waals surface area contributed by atoms with Crippen LogP contribution in [0.3, 0.4) is 0 Å². The highest BCUT2D eigenvalue weighted by atomic mass is 32.2. The third kappa shape index (κ3) is 6.05. The second-order valence-electron chi connectivity index (χ2n) is 12.7. The molecule has 7 aromatic rings. The van der Waals surface area contributed by atoms with Gasteiger partial charge in [0.05, 0.1) is 22.7 Å². The smallest absolute Gasteiger partial charge is 0.346 e. The molecular formula is C46H30N4O2S2. The number of nitriles is 1. The van der Waals surface area contributed by atoms with E-state index in [0.29, 0.717) is 5.56 Å². The summed E-state index contributed by atoms with van der Waals surface area (Å²) < 4.78 is 0. The lowest BCUT2D eigenvalue weighted by Gasteiger charge is -2.34. The van der Waals surface area contributed by atoms with E-state index in [0.717, 1.165) is 51.2 Å². The molecule has 0 aromatic heterocycles. The van der Waals surface area contributed by atoms with Crippen LogP contribution in [-0.4, -0.2) is 11.1 Å². The van der Waals surface area contributed by atoms with E-state index in [1.807, 2.05) is 24.3 Å². The lowest BCUT2D eigenvalue weighted by molar-refractivity contribution is -0.132. The quantitative estimate of drug-likeness (QED) is 0.128. The molecule has 0 unspecified atom stereocenters. The van der Waals surface area contributed by atoms with E-state index < -0.39 is 5.97 Å². The maximum atomic E-state index is 11.5. The normalized spacial score (nSPS) is 12.8. The molecule has 0 saturated carbocycles. The van der Waals surface area contributed by atoms with E-state index in [9.17, 15) is 15.2 Å². The molecule has 2 heterocycles. The number of anilines is 9. The highest BCUT2D eigenvalue weighted by molar-refractivity contribution is 8.00.